The molecule has 30 heavy (non-hydrogen) atoms. The van der Waals surface area contributed by atoms with Crippen molar-refractivity contribution in [3.05, 3.63) is 68.3 Å². The van der Waals surface area contributed by atoms with Crippen LogP contribution in [0.5, 0.6) is 0 Å². The van der Waals surface area contributed by atoms with E-state index in [0.29, 0.717) is 16.9 Å². The van der Waals surface area contributed by atoms with Crippen LogP contribution < -0.4 is 5.32 Å². The predicted octanol–water partition coefficient (Wildman–Crippen LogP) is 4.25. The number of nitrogens with one attached hydrogen (secondary N) is 1. The van der Waals surface area contributed by atoms with Crippen LogP contribution in [0.4, 0.5) is 17.1 Å². The Bertz CT molecular complexity index is 1050. The molecular weight excluding hydrogens is 434 g/mol. The number of carbonyl (C=O) groups is 1. The fourth-order valence-electron chi connectivity index (χ4n) is 4.39. The molecule has 1 fully saturated rings. The molecule has 0 radical (unpaired) electrons. The molecule has 2 aliphatic rings. The molecule has 1 aliphatic carbocycles. The maximum Gasteiger partial charge on any atom is 0.326 e. The number of thioether (sulfide) groups is 1. The number of rotatable bonds is 5. The zero-order valence-electron chi connectivity index (χ0n) is 15.3. The molecule has 0 spiro atoms. The van der Waals surface area contributed by atoms with E-state index in [1.165, 1.54) is 23.9 Å². The number of nitrogens with zero attached hydrogens (tertiary/aromatic N) is 2. The average Bonchev–Trinajstić information content (AvgIpc) is 3.03. The van der Waals surface area contributed by atoms with Gasteiger partial charge in [0, 0.05) is 23.3 Å². The SMILES string of the molecule is O=C(O)[C@H]1Nc2c(cccc2[N+](=O)[O-])[C@@H]2[C@H](Cl)[C@@H](Sc3ccccc3[N+](=O)[O-])C[C@@H]21. The van der Waals surface area contributed by atoms with Gasteiger partial charge < -0.3 is 10.4 Å². The summed E-state index contributed by atoms with van der Waals surface area (Å²) < 4.78 is 0. The van der Waals surface area contributed by atoms with Gasteiger partial charge in [0.1, 0.15) is 11.7 Å². The average molecular weight is 450 g/mol. The molecule has 0 saturated heterocycles. The summed E-state index contributed by atoms with van der Waals surface area (Å²) in [6.07, 6.45) is 0.404. The van der Waals surface area contributed by atoms with E-state index >= 15 is 0 Å². The number of hydrogen-bond acceptors (Lipinski definition) is 7. The third kappa shape index (κ3) is 3.35. The van der Waals surface area contributed by atoms with Gasteiger partial charge in [-0.05, 0) is 24.0 Å². The minimum atomic E-state index is -1.12. The number of nitro groups is 2. The fraction of sp³-hybridized carbons (Fsp3) is 0.316. The van der Waals surface area contributed by atoms with Crippen molar-refractivity contribution in [3.8, 4) is 0 Å². The summed E-state index contributed by atoms with van der Waals surface area (Å²) >= 11 is 8.03. The summed E-state index contributed by atoms with van der Waals surface area (Å²) in [5, 5.41) is 34.5. The van der Waals surface area contributed by atoms with E-state index in [-0.39, 0.29) is 22.3 Å². The Morgan fingerprint density at radius 2 is 1.77 bits per heavy atom. The highest BCUT2D eigenvalue weighted by molar-refractivity contribution is 8.00. The highest BCUT2D eigenvalue weighted by Gasteiger charge is 2.53. The van der Waals surface area contributed by atoms with Crippen molar-refractivity contribution < 1.29 is 19.7 Å². The zero-order valence-corrected chi connectivity index (χ0v) is 16.9. The van der Waals surface area contributed by atoms with E-state index in [4.69, 9.17) is 11.6 Å². The number of anilines is 1. The first kappa shape index (κ1) is 20.4. The number of hydrogen-bond donors (Lipinski definition) is 2. The van der Waals surface area contributed by atoms with E-state index < -0.39 is 39.1 Å². The topological polar surface area (TPSA) is 136 Å². The van der Waals surface area contributed by atoms with Crippen molar-refractivity contribution in [1.29, 1.82) is 0 Å². The molecule has 1 aliphatic heterocycles. The smallest absolute Gasteiger partial charge is 0.326 e. The quantitative estimate of drug-likeness (QED) is 0.392. The first-order valence-corrected chi connectivity index (χ1v) is 10.4. The lowest BCUT2D eigenvalue weighted by atomic mass is 9.79. The molecule has 156 valence electrons. The predicted molar refractivity (Wildman–Crippen MR) is 111 cm³/mol. The molecule has 0 bridgehead atoms. The van der Waals surface area contributed by atoms with Gasteiger partial charge in [0.15, 0.2) is 0 Å². The van der Waals surface area contributed by atoms with Crippen molar-refractivity contribution in [1.82, 2.24) is 0 Å². The van der Waals surface area contributed by atoms with Crippen LogP contribution in [0.15, 0.2) is 47.4 Å². The van der Waals surface area contributed by atoms with Gasteiger partial charge in [-0.15, -0.1) is 23.4 Å². The lowest BCUT2D eigenvalue weighted by molar-refractivity contribution is -0.387. The molecule has 5 atom stereocenters. The number of fused-ring (bicyclic) bond motifs is 3. The maximum atomic E-state index is 11.9. The lowest BCUT2D eigenvalue weighted by Gasteiger charge is -2.35. The largest absolute Gasteiger partial charge is 0.480 e. The molecule has 0 aromatic heterocycles. The maximum absolute atomic E-state index is 11.9. The van der Waals surface area contributed by atoms with Gasteiger partial charge in [0.2, 0.25) is 0 Å². The summed E-state index contributed by atoms with van der Waals surface area (Å²) in [6.45, 7) is 0. The van der Waals surface area contributed by atoms with E-state index in [2.05, 4.69) is 5.32 Å². The first-order valence-electron chi connectivity index (χ1n) is 9.10. The summed E-state index contributed by atoms with van der Waals surface area (Å²) in [6, 6.07) is 9.88. The van der Waals surface area contributed by atoms with Gasteiger partial charge in [-0.3, -0.25) is 20.2 Å². The zero-order chi connectivity index (χ0) is 21.6. The molecule has 2 N–H and O–H groups in total. The Morgan fingerprint density at radius 3 is 2.43 bits per heavy atom. The number of carboxylic acid groups (broad SMARTS) is 1. The van der Waals surface area contributed by atoms with Gasteiger partial charge >= 0.3 is 5.97 Å². The third-order valence-electron chi connectivity index (χ3n) is 5.63. The molecule has 0 unspecified atom stereocenters. The van der Waals surface area contributed by atoms with Gasteiger partial charge in [0.05, 0.1) is 20.1 Å². The van der Waals surface area contributed by atoms with Gasteiger partial charge in [-0.25, -0.2) is 4.79 Å². The molecule has 1 heterocycles. The number of aliphatic carboxylic acids is 1. The normalized spacial score (nSPS) is 26.9. The second-order valence-corrected chi connectivity index (χ2v) is 8.99. The van der Waals surface area contributed by atoms with E-state index in [1.807, 2.05) is 0 Å². The summed E-state index contributed by atoms with van der Waals surface area (Å²) in [5.41, 5.74) is 0.552. The molecule has 0 amide bonds. The van der Waals surface area contributed by atoms with E-state index in [0.717, 1.165) is 0 Å². The number of para-hydroxylation sites is 2. The Kier molecular flexibility index (Phi) is 5.29. The molecule has 11 heteroatoms. The first-order chi connectivity index (χ1) is 14.3. The highest BCUT2D eigenvalue weighted by Crippen LogP contribution is 2.56. The monoisotopic (exact) mass is 449 g/mol. The van der Waals surface area contributed by atoms with Crippen LogP contribution in [-0.2, 0) is 4.79 Å². The number of carboxylic acids is 1. The van der Waals surface area contributed by atoms with Crippen molar-refractivity contribution in [2.45, 2.75) is 33.9 Å². The minimum Gasteiger partial charge on any atom is -0.480 e. The van der Waals surface area contributed by atoms with Crippen molar-refractivity contribution in [2.75, 3.05) is 5.32 Å². The van der Waals surface area contributed by atoms with Crippen molar-refractivity contribution in [3.63, 3.8) is 0 Å². The second-order valence-electron chi connectivity index (χ2n) is 7.21. The van der Waals surface area contributed by atoms with Crippen LogP contribution in [0.1, 0.15) is 17.9 Å². The van der Waals surface area contributed by atoms with Gasteiger partial charge in [-0.2, -0.15) is 0 Å². The highest BCUT2D eigenvalue weighted by atomic mass is 35.5. The fourth-order valence-corrected chi connectivity index (χ4v) is 6.34. The van der Waals surface area contributed by atoms with E-state index in [9.17, 15) is 30.1 Å². The lowest BCUT2D eigenvalue weighted by Crippen LogP contribution is -2.42. The number of benzene rings is 2. The Labute approximate surface area is 179 Å². The van der Waals surface area contributed by atoms with Crippen LogP contribution in [0.3, 0.4) is 0 Å². The Hall–Kier alpha value is -2.85. The molecule has 4 rings (SSSR count). The van der Waals surface area contributed by atoms with E-state index in [1.54, 1.807) is 30.3 Å². The molecular formula is C19H16ClN3O6S. The standard InChI is InChI=1S/C19H16ClN3O6S/c20-16-14(30-13-7-2-1-5-11(13)22(26)27)8-10-15(16)9-4-3-6-12(23(28)29)17(9)21-18(10)19(24)25/h1-7,10,14-16,18,21H,8H2,(H,24,25)/t10-,14-,15-,16+,18-/m0/s1. The third-order valence-corrected chi connectivity index (χ3v) is 7.74. The molecule has 2 aromatic carbocycles. The van der Waals surface area contributed by atoms with Crippen LogP contribution in [0.2, 0.25) is 0 Å². The number of nitro benzene ring substituents is 2. The Balaban J connectivity index is 1.73. The summed E-state index contributed by atoms with van der Waals surface area (Å²) in [5.74, 6) is -1.95. The number of alkyl halides is 1. The summed E-state index contributed by atoms with van der Waals surface area (Å²) in [4.78, 5) is 34.2. The van der Waals surface area contributed by atoms with Crippen LogP contribution in [0.25, 0.3) is 0 Å². The van der Waals surface area contributed by atoms with Crippen LogP contribution in [-0.4, -0.2) is 37.6 Å². The molecule has 1 saturated carbocycles. The summed E-state index contributed by atoms with van der Waals surface area (Å²) in [7, 11) is 0. The minimum absolute atomic E-state index is 0.0369. The van der Waals surface area contributed by atoms with Gasteiger partial charge in [-0.1, -0.05) is 24.3 Å². The van der Waals surface area contributed by atoms with Gasteiger partial charge in [0.25, 0.3) is 11.4 Å². The van der Waals surface area contributed by atoms with Crippen LogP contribution >= 0.6 is 23.4 Å². The van der Waals surface area contributed by atoms with Crippen molar-refractivity contribution in [2.24, 2.45) is 5.92 Å². The Morgan fingerprint density at radius 1 is 1.10 bits per heavy atom. The molecule has 9 nitrogen and oxygen atoms in total. The molecule has 2 aromatic rings. The second kappa shape index (κ2) is 7.77. The number of halogens is 1. The van der Waals surface area contributed by atoms with Crippen LogP contribution in [0, 0.1) is 26.1 Å². The van der Waals surface area contributed by atoms with Crippen molar-refractivity contribution >= 4 is 46.4 Å².